The topological polar surface area (TPSA) is 53.7 Å². The minimum absolute atomic E-state index is 0.317. The maximum atomic E-state index is 10.8. The molecule has 4 nitrogen and oxygen atoms in total. The van der Waals surface area contributed by atoms with Crippen molar-refractivity contribution in [1.29, 1.82) is 0 Å². The molecule has 0 aliphatic carbocycles. The molecule has 0 unspecified atom stereocenters. The number of carboxylic acid groups (broad SMARTS) is 1. The Morgan fingerprint density at radius 3 is 2.42 bits per heavy atom. The number of benzene rings is 1. The first kappa shape index (κ1) is 13.4. The number of aryl methyl sites for hydroxylation is 1. The number of furan rings is 1. The van der Waals surface area contributed by atoms with Gasteiger partial charge < -0.3 is 9.52 Å². The lowest BCUT2D eigenvalue weighted by atomic mass is 10.1. The van der Waals surface area contributed by atoms with Gasteiger partial charge in [0.2, 0.25) is 0 Å². The third kappa shape index (κ3) is 3.45. The number of rotatable bonds is 5. The lowest BCUT2D eigenvalue weighted by Gasteiger charge is -2.16. The summed E-state index contributed by atoms with van der Waals surface area (Å²) in [6, 6.07) is 8.94. The second-order valence-electron chi connectivity index (χ2n) is 4.68. The molecule has 0 fully saturated rings. The summed E-state index contributed by atoms with van der Waals surface area (Å²) >= 11 is 0. The molecule has 0 aliphatic rings. The molecule has 1 heterocycles. The van der Waals surface area contributed by atoms with Gasteiger partial charge in [-0.2, -0.15) is 0 Å². The van der Waals surface area contributed by atoms with E-state index in [9.17, 15) is 4.79 Å². The van der Waals surface area contributed by atoms with Crippen LogP contribution in [0, 0.1) is 6.92 Å². The van der Waals surface area contributed by atoms with Crippen LogP contribution in [-0.2, 0) is 13.1 Å². The fourth-order valence-electron chi connectivity index (χ4n) is 1.99. The fraction of sp³-hybridized carbons (Fsp3) is 0.267. The Morgan fingerprint density at radius 1 is 1.21 bits per heavy atom. The van der Waals surface area contributed by atoms with Crippen molar-refractivity contribution >= 4 is 5.97 Å². The highest BCUT2D eigenvalue weighted by Gasteiger charge is 2.07. The van der Waals surface area contributed by atoms with Gasteiger partial charge in [-0.1, -0.05) is 12.1 Å². The smallest absolute Gasteiger partial charge is 0.335 e. The molecule has 0 saturated heterocycles. The van der Waals surface area contributed by atoms with Crippen molar-refractivity contribution in [3.05, 3.63) is 59.0 Å². The average molecular weight is 259 g/mol. The zero-order chi connectivity index (χ0) is 13.8. The van der Waals surface area contributed by atoms with Crippen LogP contribution < -0.4 is 0 Å². The molecule has 4 heteroatoms. The van der Waals surface area contributed by atoms with E-state index < -0.39 is 5.97 Å². The summed E-state index contributed by atoms with van der Waals surface area (Å²) < 4.78 is 5.27. The average Bonchev–Trinajstić information content (AvgIpc) is 2.75. The zero-order valence-corrected chi connectivity index (χ0v) is 11.1. The molecule has 1 aromatic heterocycles. The van der Waals surface area contributed by atoms with Crippen LogP contribution in [0.15, 0.2) is 41.0 Å². The molecule has 2 aromatic rings. The van der Waals surface area contributed by atoms with E-state index in [-0.39, 0.29) is 0 Å². The van der Waals surface area contributed by atoms with E-state index in [4.69, 9.17) is 9.52 Å². The van der Waals surface area contributed by atoms with Crippen molar-refractivity contribution in [1.82, 2.24) is 4.90 Å². The van der Waals surface area contributed by atoms with Crippen molar-refractivity contribution in [2.75, 3.05) is 7.05 Å². The predicted octanol–water partition coefficient (Wildman–Crippen LogP) is 2.92. The summed E-state index contributed by atoms with van der Waals surface area (Å²) in [4.78, 5) is 12.9. The van der Waals surface area contributed by atoms with Crippen molar-refractivity contribution in [3.63, 3.8) is 0 Å². The van der Waals surface area contributed by atoms with E-state index in [0.29, 0.717) is 5.56 Å². The molecule has 0 radical (unpaired) electrons. The van der Waals surface area contributed by atoms with Gasteiger partial charge in [-0.3, -0.25) is 4.90 Å². The Morgan fingerprint density at radius 2 is 1.89 bits per heavy atom. The first-order chi connectivity index (χ1) is 9.06. The summed E-state index contributed by atoms with van der Waals surface area (Å²) in [6.07, 6.45) is 1.69. The van der Waals surface area contributed by atoms with Crippen LogP contribution in [0.1, 0.15) is 27.2 Å². The van der Waals surface area contributed by atoms with Crippen LogP contribution in [0.5, 0.6) is 0 Å². The van der Waals surface area contributed by atoms with E-state index in [1.165, 1.54) is 5.56 Å². The van der Waals surface area contributed by atoms with Crippen molar-refractivity contribution in [2.24, 2.45) is 0 Å². The third-order valence-electron chi connectivity index (χ3n) is 3.06. The molecule has 1 N–H and O–H groups in total. The number of nitrogens with zero attached hydrogens (tertiary/aromatic N) is 1. The fourth-order valence-corrected chi connectivity index (χ4v) is 1.99. The second-order valence-corrected chi connectivity index (χ2v) is 4.68. The normalized spacial score (nSPS) is 10.9. The Hall–Kier alpha value is -2.07. The Kier molecular flexibility index (Phi) is 4.02. The maximum absolute atomic E-state index is 10.8. The summed E-state index contributed by atoms with van der Waals surface area (Å²) in [5.41, 5.74) is 2.58. The van der Waals surface area contributed by atoms with Gasteiger partial charge in [0.05, 0.1) is 11.8 Å². The van der Waals surface area contributed by atoms with Crippen LogP contribution in [0.3, 0.4) is 0 Å². The van der Waals surface area contributed by atoms with Crippen molar-refractivity contribution in [3.8, 4) is 0 Å². The lowest BCUT2D eigenvalue weighted by Crippen LogP contribution is -2.17. The number of aromatic carboxylic acids is 1. The summed E-state index contributed by atoms with van der Waals surface area (Å²) in [5.74, 6) is 0.0435. The molecular weight excluding hydrogens is 242 g/mol. The van der Waals surface area contributed by atoms with E-state index >= 15 is 0 Å². The van der Waals surface area contributed by atoms with Crippen LogP contribution in [0.2, 0.25) is 0 Å². The van der Waals surface area contributed by atoms with Gasteiger partial charge in [-0.05, 0) is 37.7 Å². The van der Waals surface area contributed by atoms with E-state index in [2.05, 4.69) is 4.90 Å². The minimum atomic E-state index is -0.895. The number of carboxylic acids is 1. The standard InChI is InChI=1S/C15H17NO3/c1-11-14(7-8-19-11)10-16(2)9-12-3-5-13(6-4-12)15(17)18/h3-8H,9-10H2,1-2H3,(H,17,18). The molecule has 0 atom stereocenters. The molecule has 1 aromatic carbocycles. The second kappa shape index (κ2) is 5.71. The Bertz CT molecular complexity index is 557. The van der Waals surface area contributed by atoms with Crippen LogP contribution >= 0.6 is 0 Å². The van der Waals surface area contributed by atoms with Gasteiger partial charge in [0.1, 0.15) is 5.76 Å². The van der Waals surface area contributed by atoms with Gasteiger partial charge in [0, 0.05) is 18.7 Å². The largest absolute Gasteiger partial charge is 0.478 e. The van der Waals surface area contributed by atoms with E-state index in [1.54, 1.807) is 18.4 Å². The van der Waals surface area contributed by atoms with Gasteiger partial charge >= 0.3 is 5.97 Å². The van der Waals surface area contributed by atoms with Crippen LogP contribution in [-0.4, -0.2) is 23.0 Å². The third-order valence-corrected chi connectivity index (χ3v) is 3.06. The van der Waals surface area contributed by atoms with Crippen molar-refractivity contribution in [2.45, 2.75) is 20.0 Å². The van der Waals surface area contributed by atoms with Gasteiger partial charge in [0.15, 0.2) is 0 Å². The quantitative estimate of drug-likeness (QED) is 0.897. The molecule has 0 bridgehead atoms. The molecular formula is C15H17NO3. The highest BCUT2D eigenvalue weighted by Crippen LogP contribution is 2.13. The lowest BCUT2D eigenvalue weighted by molar-refractivity contribution is 0.0697. The monoisotopic (exact) mass is 259 g/mol. The molecule has 100 valence electrons. The summed E-state index contributed by atoms with van der Waals surface area (Å²) in [7, 11) is 2.03. The number of hydrogen-bond acceptors (Lipinski definition) is 3. The van der Waals surface area contributed by atoms with Gasteiger partial charge in [-0.15, -0.1) is 0 Å². The van der Waals surface area contributed by atoms with Crippen LogP contribution in [0.4, 0.5) is 0 Å². The highest BCUT2D eigenvalue weighted by molar-refractivity contribution is 5.87. The minimum Gasteiger partial charge on any atom is -0.478 e. The predicted molar refractivity (Wildman–Crippen MR) is 72.0 cm³/mol. The molecule has 0 aliphatic heterocycles. The van der Waals surface area contributed by atoms with Crippen LogP contribution in [0.25, 0.3) is 0 Å². The molecule has 19 heavy (non-hydrogen) atoms. The maximum Gasteiger partial charge on any atom is 0.335 e. The first-order valence-corrected chi connectivity index (χ1v) is 6.10. The van der Waals surface area contributed by atoms with Gasteiger partial charge in [0.25, 0.3) is 0 Å². The molecule has 0 amide bonds. The Balaban J connectivity index is 1.97. The molecule has 0 spiro atoms. The van der Waals surface area contributed by atoms with Gasteiger partial charge in [-0.25, -0.2) is 4.79 Å². The molecule has 2 rings (SSSR count). The highest BCUT2D eigenvalue weighted by atomic mass is 16.4. The Labute approximate surface area is 112 Å². The summed E-state index contributed by atoms with van der Waals surface area (Å²) in [6.45, 7) is 3.53. The molecule has 0 saturated carbocycles. The van der Waals surface area contributed by atoms with Crippen molar-refractivity contribution < 1.29 is 14.3 Å². The first-order valence-electron chi connectivity index (χ1n) is 6.10. The van der Waals surface area contributed by atoms with E-state index in [1.807, 2.05) is 32.2 Å². The number of carbonyl (C=O) groups is 1. The number of hydrogen-bond donors (Lipinski definition) is 1. The zero-order valence-electron chi connectivity index (χ0n) is 11.1. The SMILES string of the molecule is Cc1occc1CN(C)Cc1ccc(C(=O)O)cc1. The van der Waals surface area contributed by atoms with E-state index in [0.717, 1.165) is 24.4 Å². The summed E-state index contributed by atoms with van der Waals surface area (Å²) in [5, 5.41) is 8.84.